The first-order valence-electron chi connectivity index (χ1n) is 2.21. The molecule has 0 amide bonds. The van der Waals surface area contributed by atoms with Crippen molar-refractivity contribution in [2.75, 3.05) is 0 Å². The Balaban J connectivity index is 2.42. The van der Waals surface area contributed by atoms with Crippen LogP contribution in [0.15, 0.2) is 0 Å². The zero-order valence-corrected chi connectivity index (χ0v) is 3.82. The highest BCUT2D eigenvalue weighted by Gasteiger charge is 2.53. The molecule has 0 aromatic rings. The number of hydrogen-bond acceptors (Lipinski definition) is 0. The third-order valence-electron chi connectivity index (χ3n) is 1.22. The zero-order chi connectivity index (χ0) is 6.31. The molecule has 48 valence electrons. The summed E-state index contributed by atoms with van der Waals surface area (Å²) in [7, 11) is 0. The summed E-state index contributed by atoms with van der Waals surface area (Å²) in [5.74, 6) is 0. The van der Waals surface area contributed by atoms with Gasteiger partial charge in [-0.05, 0) is 0 Å². The van der Waals surface area contributed by atoms with Gasteiger partial charge in [-0.15, -0.1) is 0 Å². The minimum absolute atomic E-state index is 2.23. The third-order valence-corrected chi connectivity index (χ3v) is 1.22. The highest BCUT2D eigenvalue weighted by molar-refractivity contribution is 4.99. The third kappa shape index (κ3) is 0.516. The lowest BCUT2D eigenvalue weighted by atomic mass is 9.90. The van der Waals surface area contributed by atoms with E-state index >= 15 is 0 Å². The lowest BCUT2D eigenvalue weighted by Crippen LogP contribution is -2.54. The molecule has 0 aromatic heterocycles. The fourth-order valence-electron chi connectivity index (χ4n) is 0.557. The molecule has 1 saturated carbocycles. The Kier molecular flexibility index (Phi) is 1.17. The van der Waals surface area contributed by atoms with Crippen LogP contribution in [0.3, 0.4) is 0 Å². The molecular weight excluding hydrogens is 124 g/mol. The molecule has 0 aromatic carbocycles. The Hall–Kier alpha value is -0.280. The fourth-order valence-corrected chi connectivity index (χ4v) is 0.557. The van der Waals surface area contributed by atoms with Crippen molar-refractivity contribution < 1.29 is 17.6 Å². The summed E-state index contributed by atoms with van der Waals surface area (Å²) in [4.78, 5) is 0. The Labute approximate surface area is 43.5 Å². The average molecular weight is 128 g/mol. The smallest absolute Gasteiger partial charge is 0.168 e. The summed E-state index contributed by atoms with van der Waals surface area (Å²) in [6.07, 6.45) is -8.93. The molecule has 8 heavy (non-hydrogen) atoms. The van der Waals surface area contributed by atoms with Gasteiger partial charge >= 0.3 is 0 Å². The monoisotopic (exact) mass is 128 g/mol. The number of alkyl halides is 4. The molecule has 0 saturated heterocycles. The van der Waals surface area contributed by atoms with Crippen LogP contribution in [0, 0.1) is 0 Å². The van der Waals surface area contributed by atoms with E-state index in [2.05, 4.69) is 0 Å². The molecule has 1 aliphatic carbocycles. The molecule has 1 rings (SSSR count). The summed E-state index contributed by atoms with van der Waals surface area (Å²) in [5.41, 5.74) is 0. The number of hydrogen-bond donors (Lipinski definition) is 0. The van der Waals surface area contributed by atoms with E-state index in [4.69, 9.17) is 0 Å². The van der Waals surface area contributed by atoms with Crippen molar-refractivity contribution in [3.63, 3.8) is 0 Å². The summed E-state index contributed by atoms with van der Waals surface area (Å²) in [6, 6.07) is 0. The van der Waals surface area contributed by atoms with E-state index in [1.807, 2.05) is 0 Å². The van der Waals surface area contributed by atoms with Crippen molar-refractivity contribution >= 4 is 0 Å². The van der Waals surface area contributed by atoms with Crippen LogP contribution in [0.25, 0.3) is 0 Å². The summed E-state index contributed by atoms with van der Waals surface area (Å²) >= 11 is 0. The molecule has 0 heterocycles. The van der Waals surface area contributed by atoms with Crippen LogP contribution in [-0.4, -0.2) is 24.7 Å². The highest BCUT2D eigenvalue weighted by atomic mass is 19.2. The van der Waals surface area contributed by atoms with Crippen molar-refractivity contribution in [3.05, 3.63) is 0 Å². The second-order valence-electron chi connectivity index (χ2n) is 1.78. The molecule has 0 radical (unpaired) electrons. The Morgan fingerprint density at radius 1 is 0.500 bits per heavy atom. The maximum atomic E-state index is 11.6. The van der Waals surface area contributed by atoms with Crippen molar-refractivity contribution in [2.45, 2.75) is 24.7 Å². The molecule has 0 bridgehead atoms. The predicted molar refractivity (Wildman–Crippen MR) is 19.6 cm³/mol. The summed E-state index contributed by atoms with van der Waals surface area (Å²) < 4.78 is 46.3. The average Bonchev–Trinajstić information content (AvgIpc) is 1.83. The first kappa shape index (κ1) is 5.85. The van der Waals surface area contributed by atoms with Crippen molar-refractivity contribution in [2.24, 2.45) is 0 Å². The molecule has 0 nitrogen and oxygen atoms in total. The van der Waals surface area contributed by atoms with Gasteiger partial charge in [0.1, 0.15) is 0 Å². The van der Waals surface area contributed by atoms with E-state index in [1.165, 1.54) is 0 Å². The minimum atomic E-state index is -2.23. The van der Waals surface area contributed by atoms with Crippen LogP contribution >= 0.6 is 0 Å². The summed E-state index contributed by atoms with van der Waals surface area (Å²) in [6.45, 7) is 0. The second-order valence-corrected chi connectivity index (χ2v) is 1.78. The molecule has 1 aliphatic rings. The van der Waals surface area contributed by atoms with Gasteiger partial charge < -0.3 is 0 Å². The normalized spacial score (nSPS) is 55.5. The molecule has 0 N–H and O–H groups in total. The van der Waals surface area contributed by atoms with E-state index in [1.54, 1.807) is 0 Å². The van der Waals surface area contributed by atoms with Gasteiger partial charge in [0, 0.05) is 0 Å². The highest BCUT2D eigenvalue weighted by Crippen LogP contribution is 2.32. The van der Waals surface area contributed by atoms with Crippen LogP contribution in [-0.2, 0) is 0 Å². The topological polar surface area (TPSA) is 0 Å². The zero-order valence-electron chi connectivity index (χ0n) is 3.82. The first-order chi connectivity index (χ1) is 3.64. The number of halogens is 4. The molecule has 0 atom stereocenters. The molecule has 0 spiro atoms. The number of rotatable bonds is 0. The minimum Gasteiger partial charge on any atom is -0.241 e. The van der Waals surface area contributed by atoms with Gasteiger partial charge in [0.2, 0.25) is 0 Å². The van der Waals surface area contributed by atoms with E-state index < -0.39 is 24.7 Å². The van der Waals surface area contributed by atoms with Gasteiger partial charge in [0.25, 0.3) is 0 Å². The Bertz CT molecular complexity index is 62.0. The fraction of sp³-hybridized carbons (Fsp3) is 1.00. The molecule has 0 aliphatic heterocycles. The largest absolute Gasteiger partial charge is 0.241 e. The maximum Gasteiger partial charge on any atom is 0.168 e. The lowest BCUT2D eigenvalue weighted by Gasteiger charge is -2.31. The SMILES string of the molecule is FC1C(F)C(F)C1F. The van der Waals surface area contributed by atoms with Crippen LogP contribution in [0.2, 0.25) is 0 Å². The first-order valence-corrected chi connectivity index (χ1v) is 2.21. The van der Waals surface area contributed by atoms with Crippen molar-refractivity contribution in [1.29, 1.82) is 0 Å². The molecule has 0 unspecified atom stereocenters. The molecule has 4 heteroatoms. The quantitative estimate of drug-likeness (QED) is 0.432. The van der Waals surface area contributed by atoms with Gasteiger partial charge in [0.15, 0.2) is 24.7 Å². The molecular formula is C4H4F4. The van der Waals surface area contributed by atoms with Crippen LogP contribution in [0.4, 0.5) is 17.6 Å². The van der Waals surface area contributed by atoms with E-state index in [0.29, 0.717) is 0 Å². The Morgan fingerprint density at radius 3 is 0.750 bits per heavy atom. The van der Waals surface area contributed by atoms with E-state index in [-0.39, 0.29) is 0 Å². The van der Waals surface area contributed by atoms with E-state index in [0.717, 1.165) is 0 Å². The van der Waals surface area contributed by atoms with Gasteiger partial charge in [0.05, 0.1) is 0 Å². The summed E-state index contributed by atoms with van der Waals surface area (Å²) in [5, 5.41) is 0. The Morgan fingerprint density at radius 2 is 0.625 bits per heavy atom. The van der Waals surface area contributed by atoms with Crippen molar-refractivity contribution in [1.82, 2.24) is 0 Å². The van der Waals surface area contributed by atoms with Crippen molar-refractivity contribution in [3.8, 4) is 0 Å². The van der Waals surface area contributed by atoms with Gasteiger partial charge in [-0.3, -0.25) is 0 Å². The second kappa shape index (κ2) is 1.60. The van der Waals surface area contributed by atoms with Gasteiger partial charge in [-0.2, -0.15) is 0 Å². The van der Waals surface area contributed by atoms with Crippen LogP contribution < -0.4 is 0 Å². The van der Waals surface area contributed by atoms with Crippen LogP contribution in [0.1, 0.15) is 0 Å². The predicted octanol–water partition coefficient (Wildman–Crippen LogP) is 1.35. The van der Waals surface area contributed by atoms with Gasteiger partial charge in [-0.1, -0.05) is 0 Å². The standard InChI is InChI=1S/C4H4F4/c5-1-2(6)4(8)3(1)7/h1-4H. The molecule has 1 fully saturated rings. The lowest BCUT2D eigenvalue weighted by molar-refractivity contribution is -0.0969. The van der Waals surface area contributed by atoms with Crippen LogP contribution in [0.5, 0.6) is 0 Å². The van der Waals surface area contributed by atoms with Gasteiger partial charge in [-0.25, -0.2) is 17.6 Å². The maximum absolute atomic E-state index is 11.6. The van der Waals surface area contributed by atoms with E-state index in [9.17, 15) is 17.6 Å².